The van der Waals surface area contributed by atoms with Crippen molar-refractivity contribution in [1.29, 1.82) is 0 Å². The molecule has 0 bridgehead atoms. The molecular weight excluding hydrogens is 412 g/mol. The van der Waals surface area contributed by atoms with E-state index in [4.69, 9.17) is 44.3 Å². The van der Waals surface area contributed by atoms with E-state index in [9.17, 15) is 4.79 Å². The maximum absolute atomic E-state index is 10.9. The molecule has 0 N–H and O–H groups in total. The summed E-state index contributed by atoms with van der Waals surface area (Å²) >= 11 is 0. The number of terminal acetylenes is 1. The molecule has 0 rings (SSSR count). The summed E-state index contributed by atoms with van der Waals surface area (Å²) in [5.41, 5.74) is 0. The highest BCUT2D eigenvalue weighted by atomic mass is 16.6. The zero-order chi connectivity index (χ0) is 22.7. The topological polar surface area (TPSA) is 100 Å². The Morgan fingerprint density at radius 2 is 0.839 bits per heavy atom. The SMILES string of the molecule is C#CCOCCOCCOCCOCCOCCOCCOCCOCCC(=O)OC. The second-order valence-corrected chi connectivity index (χ2v) is 5.87. The van der Waals surface area contributed by atoms with Crippen LogP contribution in [0.5, 0.6) is 0 Å². The van der Waals surface area contributed by atoms with Crippen LogP contribution in [0.15, 0.2) is 0 Å². The molecule has 0 spiro atoms. The normalized spacial score (nSPS) is 10.8. The first-order chi connectivity index (χ1) is 15.3. The molecular formula is C21H38O10. The molecule has 0 saturated heterocycles. The van der Waals surface area contributed by atoms with Crippen LogP contribution < -0.4 is 0 Å². The van der Waals surface area contributed by atoms with Crippen molar-refractivity contribution in [2.45, 2.75) is 6.42 Å². The first-order valence-corrected chi connectivity index (χ1v) is 10.4. The lowest BCUT2D eigenvalue weighted by molar-refractivity contribution is -0.141. The van der Waals surface area contributed by atoms with Crippen molar-refractivity contribution >= 4 is 5.97 Å². The van der Waals surface area contributed by atoms with Crippen LogP contribution in [0, 0.1) is 12.3 Å². The van der Waals surface area contributed by atoms with Crippen LogP contribution in [0.25, 0.3) is 0 Å². The van der Waals surface area contributed by atoms with E-state index in [1.807, 2.05) is 0 Å². The second kappa shape index (κ2) is 26.7. The molecule has 182 valence electrons. The van der Waals surface area contributed by atoms with Crippen LogP contribution in [0.4, 0.5) is 0 Å². The Labute approximate surface area is 185 Å². The summed E-state index contributed by atoms with van der Waals surface area (Å²) in [5.74, 6) is 2.10. The smallest absolute Gasteiger partial charge is 0.307 e. The van der Waals surface area contributed by atoms with E-state index in [1.165, 1.54) is 7.11 Å². The molecule has 0 aliphatic carbocycles. The molecule has 0 fully saturated rings. The number of esters is 1. The third kappa shape index (κ3) is 26.7. The average Bonchev–Trinajstić information content (AvgIpc) is 2.78. The van der Waals surface area contributed by atoms with E-state index >= 15 is 0 Å². The first-order valence-electron chi connectivity index (χ1n) is 10.4. The Hall–Kier alpha value is -1.29. The molecule has 0 saturated carbocycles. The molecule has 0 aliphatic heterocycles. The highest BCUT2D eigenvalue weighted by Gasteiger charge is 1.99. The molecule has 0 amide bonds. The Kier molecular flexibility index (Phi) is 25.6. The van der Waals surface area contributed by atoms with Crippen LogP contribution >= 0.6 is 0 Å². The Bertz CT molecular complexity index is 413. The maximum Gasteiger partial charge on any atom is 0.307 e. The van der Waals surface area contributed by atoms with Gasteiger partial charge in [-0.05, 0) is 0 Å². The number of hydrogen-bond donors (Lipinski definition) is 0. The van der Waals surface area contributed by atoms with Gasteiger partial charge in [0.1, 0.15) is 6.61 Å². The van der Waals surface area contributed by atoms with E-state index in [0.29, 0.717) is 106 Å². The summed E-state index contributed by atoms with van der Waals surface area (Å²) < 4.78 is 47.0. The van der Waals surface area contributed by atoms with Crippen LogP contribution in [-0.2, 0) is 47.4 Å². The van der Waals surface area contributed by atoms with Gasteiger partial charge in [-0.2, -0.15) is 0 Å². The highest BCUT2D eigenvalue weighted by Crippen LogP contribution is 1.88. The van der Waals surface area contributed by atoms with Gasteiger partial charge in [0.25, 0.3) is 0 Å². The lowest BCUT2D eigenvalue weighted by Gasteiger charge is -2.08. The third-order valence-corrected chi connectivity index (χ3v) is 3.47. The molecule has 0 heterocycles. The quantitative estimate of drug-likeness (QED) is 0.110. The Balaban J connectivity index is 3.02. The van der Waals surface area contributed by atoms with Gasteiger partial charge >= 0.3 is 5.97 Å². The molecule has 0 radical (unpaired) electrons. The van der Waals surface area contributed by atoms with Gasteiger partial charge in [0.05, 0.1) is 113 Å². The van der Waals surface area contributed by atoms with E-state index in [1.54, 1.807) is 0 Å². The van der Waals surface area contributed by atoms with Gasteiger partial charge < -0.3 is 42.6 Å². The minimum absolute atomic E-state index is 0.249. The van der Waals surface area contributed by atoms with Gasteiger partial charge in [0.2, 0.25) is 0 Å². The van der Waals surface area contributed by atoms with Crippen molar-refractivity contribution in [2.75, 3.05) is 113 Å². The number of hydrogen-bond acceptors (Lipinski definition) is 10. The van der Waals surface area contributed by atoms with Gasteiger partial charge in [-0.3, -0.25) is 4.79 Å². The van der Waals surface area contributed by atoms with Crippen molar-refractivity contribution in [3.05, 3.63) is 0 Å². The van der Waals surface area contributed by atoms with E-state index < -0.39 is 0 Å². The van der Waals surface area contributed by atoms with Crippen molar-refractivity contribution in [3.63, 3.8) is 0 Å². The Morgan fingerprint density at radius 3 is 1.13 bits per heavy atom. The molecule has 0 aromatic heterocycles. The van der Waals surface area contributed by atoms with E-state index in [2.05, 4.69) is 10.7 Å². The van der Waals surface area contributed by atoms with Crippen molar-refractivity contribution in [3.8, 4) is 12.3 Å². The standard InChI is InChI=1S/C21H38O10/c1-3-5-24-7-9-26-11-13-28-15-17-30-19-20-31-18-16-29-14-12-27-10-8-25-6-4-21(22)23-2/h1H,4-20H2,2H3. The van der Waals surface area contributed by atoms with Crippen LogP contribution in [0.3, 0.4) is 0 Å². The molecule has 10 heteroatoms. The van der Waals surface area contributed by atoms with Gasteiger partial charge in [0.15, 0.2) is 0 Å². The minimum atomic E-state index is -0.283. The lowest BCUT2D eigenvalue weighted by atomic mass is 10.5. The lowest BCUT2D eigenvalue weighted by Crippen LogP contribution is -2.15. The monoisotopic (exact) mass is 450 g/mol. The van der Waals surface area contributed by atoms with Crippen LogP contribution in [-0.4, -0.2) is 119 Å². The van der Waals surface area contributed by atoms with Crippen molar-refractivity contribution < 1.29 is 47.4 Å². The largest absolute Gasteiger partial charge is 0.469 e. The highest BCUT2D eigenvalue weighted by molar-refractivity contribution is 5.69. The maximum atomic E-state index is 10.9. The van der Waals surface area contributed by atoms with Crippen molar-refractivity contribution in [1.82, 2.24) is 0 Å². The van der Waals surface area contributed by atoms with Gasteiger partial charge in [0, 0.05) is 0 Å². The zero-order valence-corrected chi connectivity index (χ0v) is 18.7. The second-order valence-electron chi connectivity index (χ2n) is 5.87. The average molecular weight is 451 g/mol. The van der Waals surface area contributed by atoms with E-state index in [-0.39, 0.29) is 12.4 Å². The summed E-state index contributed by atoms with van der Waals surface area (Å²) in [4.78, 5) is 10.9. The number of carbonyl (C=O) groups excluding carboxylic acids is 1. The van der Waals surface area contributed by atoms with E-state index in [0.717, 1.165) is 0 Å². The van der Waals surface area contributed by atoms with Crippen LogP contribution in [0.1, 0.15) is 6.42 Å². The molecule has 0 aliphatic rings. The summed E-state index contributed by atoms with van der Waals surface area (Å²) in [5, 5.41) is 0. The molecule has 0 aromatic carbocycles. The summed E-state index contributed by atoms with van der Waals surface area (Å²) in [6.45, 7) is 7.54. The number of carbonyl (C=O) groups is 1. The Morgan fingerprint density at radius 1 is 0.548 bits per heavy atom. The minimum Gasteiger partial charge on any atom is -0.469 e. The number of methoxy groups -OCH3 is 1. The third-order valence-electron chi connectivity index (χ3n) is 3.47. The fourth-order valence-electron chi connectivity index (χ4n) is 1.93. The predicted octanol–water partition coefficient (Wildman–Crippen LogP) is 0.316. The number of ether oxygens (including phenoxy) is 9. The fraction of sp³-hybridized carbons (Fsp3) is 0.857. The molecule has 31 heavy (non-hydrogen) atoms. The van der Waals surface area contributed by atoms with Gasteiger partial charge in [-0.15, -0.1) is 6.42 Å². The predicted molar refractivity (Wildman–Crippen MR) is 112 cm³/mol. The summed E-state index contributed by atoms with van der Waals surface area (Å²) in [6, 6.07) is 0. The fourth-order valence-corrected chi connectivity index (χ4v) is 1.93. The first kappa shape index (κ1) is 29.7. The molecule has 0 unspecified atom stereocenters. The van der Waals surface area contributed by atoms with Crippen molar-refractivity contribution in [2.24, 2.45) is 0 Å². The van der Waals surface area contributed by atoms with Gasteiger partial charge in [-0.1, -0.05) is 5.92 Å². The molecule has 0 atom stereocenters. The summed E-state index contributed by atoms with van der Waals surface area (Å²) in [7, 11) is 1.35. The summed E-state index contributed by atoms with van der Waals surface area (Å²) in [6.07, 6.45) is 5.30. The number of rotatable bonds is 25. The van der Waals surface area contributed by atoms with Gasteiger partial charge in [-0.25, -0.2) is 0 Å². The zero-order valence-electron chi connectivity index (χ0n) is 18.7. The van der Waals surface area contributed by atoms with Crippen LogP contribution in [0.2, 0.25) is 0 Å². The molecule has 0 aromatic rings. The molecule has 10 nitrogen and oxygen atoms in total.